The van der Waals surface area contributed by atoms with Crippen LogP contribution in [0.5, 0.6) is 0 Å². The summed E-state index contributed by atoms with van der Waals surface area (Å²) in [7, 11) is 0. The molecule has 0 amide bonds. The molecule has 3 heterocycles. The number of nitrogens with one attached hydrogen (secondary N) is 2. The SMILES string of the molecule is C=C(C)c1c(C23CNC(CN2)C3)c(F)cc2c(=O)cc(C(=O)O)n(C3CC3)c12. The van der Waals surface area contributed by atoms with E-state index in [1.807, 2.05) is 0 Å². The predicted molar refractivity (Wildman–Crippen MR) is 104 cm³/mol. The van der Waals surface area contributed by atoms with E-state index in [9.17, 15) is 14.7 Å². The molecule has 1 aliphatic carbocycles. The van der Waals surface area contributed by atoms with Gasteiger partial charge < -0.3 is 20.3 Å². The van der Waals surface area contributed by atoms with E-state index in [0.717, 1.165) is 31.9 Å². The highest BCUT2D eigenvalue weighted by Crippen LogP contribution is 2.45. The summed E-state index contributed by atoms with van der Waals surface area (Å²) < 4.78 is 17.2. The van der Waals surface area contributed by atoms with Crippen molar-refractivity contribution < 1.29 is 14.3 Å². The zero-order chi connectivity index (χ0) is 19.8. The molecular formula is C21H22FN3O3. The summed E-state index contributed by atoms with van der Waals surface area (Å²) in [6.45, 7) is 7.20. The number of halogens is 1. The molecule has 2 aliphatic heterocycles. The first-order valence-corrected chi connectivity index (χ1v) is 9.62. The number of nitrogens with zero attached hydrogens (tertiary/aromatic N) is 1. The molecule has 2 unspecified atom stereocenters. The maximum absolute atomic E-state index is 15.5. The van der Waals surface area contributed by atoms with Crippen LogP contribution in [-0.2, 0) is 5.54 Å². The first kappa shape index (κ1) is 17.6. The fourth-order valence-corrected chi connectivity index (χ4v) is 4.99. The van der Waals surface area contributed by atoms with Gasteiger partial charge in [0.15, 0.2) is 5.43 Å². The van der Waals surface area contributed by atoms with E-state index in [1.165, 1.54) is 6.07 Å². The van der Waals surface area contributed by atoms with Crippen molar-refractivity contribution in [2.24, 2.45) is 0 Å². The number of carbonyl (C=O) groups is 1. The maximum atomic E-state index is 15.5. The average Bonchev–Trinajstić information content (AvgIpc) is 3.28. The van der Waals surface area contributed by atoms with E-state index in [-0.39, 0.29) is 23.2 Å². The summed E-state index contributed by atoms with van der Waals surface area (Å²) in [4.78, 5) is 24.6. The van der Waals surface area contributed by atoms with Gasteiger partial charge in [0, 0.05) is 47.8 Å². The summed E-state index contributed by atoms with van der Waals surface area (Å²) in [6, 6.07) is 2.69. The number of carboxylic acid groups (broad SMARTS) is 1. The Morgan fingerprint density at radius 1 is 1.39 bits per heavy atom. The minimum absolute atomic E-state index is 0.00843. The van der Waals surface area contributed by atoms with Crippen LogP contribution >= 0.6 is 0 Å². The van der Waals surface area contributed by atoms with Crippen molar-refractivity contribution in [1.29, 1.82) is 0 Å². The fraction of sp³-hybridized carbons (Fsp3) is 0.429. The number of fused-ring (bicyclic) bond motifs is 3. The van der Waals surface area contributed by atoms with Gasteiger partial charge in [-0.05, 0) is 37.8 Å². The van der Waals surface area contributed by atoms with E-state index in [0.29, 0.717) is 28.8 Å². The van der Waals surface area contributed by atoms with Crippen molar-refractivity contribution in [2.45, 2.75) is 43.8 Å². The lowest BCUT2D eigenvalue weighted by Gasteiger charge is -2.32. The van der Waals surface area contributed by atoms with Gasteiger partial charge in [0.25, 0.3) is 0 Å². The molecule has 2 saturated heterocycles. The van der Waals surface area contributed by atoms with E-state index in [1.54, 1.807) is 11.5 Å². The van der Waals surface area contributed by atoms with Crippen LogP contribution in [0.2, 0.25) is 0 Å². The molecule has 3 aliphatic rings. The average molecular weight is 383 g/mol. The lowest BCUT2D eigenvalue weighted by Crippen LogP contribution is -2.48. The molecule has 28 heavy (non-hydrogen) atoms. The second-order valence-electron chi connectivity index (χ2n) is 8.33. The third-order valence-corrected chi connectivity index (χ3v) is 6.30. The Labute approximate surface area is 161 Å². The van der Waals surface area contributed by atoms with Crippen LogP contribution in [0.15, 0.2) is 23.5 Å². The largest absolute Gasteiger partial charge is 0.477 e. The van der Waals surface area contributed by atoms with Gasteiger partial charge in [0.1, 0.15) is 11.5 Å². The van der Waals surface area contributed by atoms with Gasteiger partial charge in [-0.3, -0.25) is 4.79 Å². The summed E-state index contributed by atoms with van der Waals surface area (Å²) in [6.07, 6.45) is 2.43. The maximum Gasteiger partial charge on any atom is 0.352 e. The number of piperazine rings is 1. The predicted octanol–water partition coefficient (Wildman–Crippen LogP) is 2.37. The summed E-state index contributed by atoms with van der Waals surface area (Å²) in [5, 5.41) is 16.8. The number of aromatic carboxylic acids is 1. The van der Waals surface area contributed by atoms with Gasteiger partial charge >= 0.3 is 5.97 Å². The Bertz CT molecular complexity index is 1110. The molecule has 1 saturated carbocycles. The number of pyridine rings is 1. The van der Waals surface area contributed by atoms with Crippen molar-refractivity contribution in [2.75, 3.05) is 13.1 Å². The van der Waals surface area contributed by atoms with E-state index < -0.39 is 22.8 Å². The Morgan fingerprint density at radius 2 is 2.14 bits per heavy atom. The van der Waals surface area contributed by atoms with E-state index in [2.05, 4.69) is 17.2 Å². The van der Waals surface area contributed by atoms with Crippen LogP contribution in [0.4, 0.5) is 4.39 Å². The summed E-state index contributed by atoms with van der Waals surface area (Å²) in [5.74, 6) is -1.59. The smallest absolute Gasteiger partial charge is 0.352 e. The minimum Gasteiger partial charge on any atom is -0.477 e. The molecule has 0 radical (unpaired) electrons. The number of aromatic nitrogens is 1. The third-order valence-electron chi connectivity index (χ3n) is 6.30. The Kier molecular flexibility index (Phi) is 3.61. The first-order chi connectivity index (χ1) is 13.3. The Morgan fingerprint density at radius 3 is 2.64 bits per heavy atom. The number of hydrogen-bond donors (Lipinski definition) is 3. The van der Waals surface area contributed by atoms with Gasteiger partial charge in [0.2, 0.25) is 0 Å². The monoisotopic (exact) mass is 383 g/mol. The number of hydrogen-bond acceptors (Lipinski definition) is 4. The molecule has 1 aromatic heterocycles. The van der Waals surface area contributed by atoms with Gasteiger partial charge in [-0.1, -0.05) is 6.58 Å². The Balaban J connectivity index is 1.95. The molecule has 2 atom stereocenters. The van der Waals surface area contributed by atoms with Gasteiger partial charge in [-0.2, -0.15) is 0 Å². The van der Waals surface area contributed by atoms with E-state index in [4.69, 9.17) is 0 Å². The molecule has 6 nitrogen and oxygen atoms in total. The molecule has 3 fully saturated rings. The molecular weight excluding hydrogens is 361 g/mol. The van der Waals surface area contributed by atoms with Gasteiger partial charge in [-0.15, -0.1) is 0 Å². The first-order valence-electron chi connectivity index (χ1n) is 9.62. The topological polar surface area (TPSA) is 83.4 Å². The Hall–Kier alpha value is -2.51. The molecule has 146 valence electrons. The summed E-state index contributed by atoms with van der Waals surface area (Å²) >= 11 is 0. The minimum atomic E-state index is -1.15. The van der Waals surface area contributed by atoms with E-state index >= 15 is 4.39 Å². The standard InChI is InChI=1S/C21H22FN3O3/c1-10(2)17-18(21-7-11(8-24-21)23-9-21)14(22)5-13-16(26)6-15(20(27)28)25(19(13)17)12-3-4-12/h5-6,11-12,23-24H,1,3-4,7-9H2,2H3,(H,27,28). The highest BCUT2D eigenvalue weighted by atomic mass is 19.1. The quantitative estimate of drug-likeness (QED) is 0.755. The second-order valence-corrected chi connectivity index (χ2v) is 8.33. The van der Waals surface area contributed by atoms with Gasteiger partial charge in [-0.25, -0.2) is 9.18 Å². The summed E-state index contributed by atoms with van der Waals surface area (Å²) in [5.41, 5.74) is 1.11. The lowest BCUT2D eigenvalue weighted by molar-refractivity contribution is 0.0684. The highest BCUT2D eigenvalue weighted by molar-refractivity contribution is 5.97. The van der Waals surface area contributed by atoms with Crippen LogP contribution in [0.25, 0.3) is 16.5 Å². The molecule has 1 aromatic carbocycles. The molecule has 5 rings (SSSR count). The fourth-order valence-electron chi connectivity index (χ4n) is 4.99. The van der Waals surface area contributed by atoms with Crippen molar-refractivity contribution in [1.82, 2.24) is 15.2 Å². The van der Waals surface area contributed by atoms with Crippen molar-refractivity contribution in [3.05, 3.63) is 51.6 Å². The highest BCUT2D eigenvalue weighted by Gasteiger charge is 2.49. The third kappa shape index (κ3) is 2.32. The molecule has 0 spiro atoms. The molecule has 2 bridgehead atoms. The number of carboxylic acids is 1. The number of rotatable bonds is 4. The van der Waals surface area contributed by atoms with Gasteiger partial charge in [0.05, 0.1) is 11.1 Å². The van der Waals surface area contributed by atoms with Crippen LogP contribution in [0.3, 0.4) is 0 Å². The van der Waals surface area contributed by atoms with Crippen molar-refractivity contribution >= 4 is 22.4 Å². The van der Waals surface area contributed by atoms with Crippen LogP contribution in [-0.4, -0.2) is 34.8 Å². The molecule has 3 N–H and O–H groups in total. The normalized spacial score (nSPS) is 26.1. The second kappa shape index (κ2) is 5.75. The van der Waals surface area contributed by atoms with Crippen LogP contribution < -0.4 is 16.1 Å². The van der Waals surface area contributed by atoms with Crippen molar-refractivity contribution in [3.8, 4) is 0 Å². The zero-order valence-electron chi connectivity index (χ0n) is 15.6. The zero-order valence-corrected chi connectivity index (χ0v) is 15.6. The molecule has 7 heteroatoms. The van der Waals surface area contributed by atoms with Crippen molar-refractivity contribution in [3.63, 3.8) is 0 Å². The number of benzene rings is 1. The van der Waals surface area contributed by atoms with Crippen LogP contribution in [0, 0.1) is 5.82 Å². The number of allylic oxidation sites excluding steroid dienone is 1. The lowest BCUT2D eigenvalue weighted by atomic mass is 9.82. The molecule has 2 aromatic rings. The van der Waals surface area contributed by atoms with Crippen LogP contribution in [0.1, 0.15) is 53.8 Å².